The van der Waals surface area contributed by atoms with Crippen LogP contribution >= 0.6 is 45.3 Å². The Morgan fingerprint density at radius 3 is 1.14 bits per heavy atom. The van der Waals surface area contributed by atoms with Crippen molar-refractivity contribution in [3.63, 3.8) is 0 Å². The summed E-state index contributed by atoms with van der Waals surface area (Å²) in [5, 5.41) is 31.3. The van der Waals surface area contributed by atoms with Crippen LogP contribution in [0.1, 0.15) is 0 Å². The van der Waals surface area contributed by atoms with Crippen LogP contribution in [-0.2, 0) is 0 Å². The zero-order valence-corrected chi connectivity index (χ0v) is 25.1. The van der Waals surface area contributed by atoms with Crippen molar-refractivity contribution in [1.82, 2.24) is 19.9 Å². The van der Waals surface area contributed by atoms with Crippen LogP contribution in [0.2, 0.25) is 0 Å². The molecule has 0 atom stereocenters. The van der Waals surface area contributed by atoms with Crippen LogP contribution in [0.5, 0.6) is 0 Å². The highest BCUT2D eigenvalue weighted by atomic mass is 32.1. The maximum absolute atomic E-state index is 11.1. The van der Waals surface area contributed by atoms with E-state index in [1.54, 1.807) is 12.1 Å². The zero-order chi connectivity index (χ0) is 29.9. The van der Waals surface area contributed by atoms with E-state index in [0.717, 1.165) is 41.0 Å². The molecule has 0 spiro atoms. The number of hydrogen-bond acceptors (Lipinski definition) is 14. The molecule has 0 aliphatic rings. The fourth-order valence-corrected chi connectivity index (χ4v) is 8.39. The van der Waals surface area contributed by atoms with Gasteiger partial charge in [-0.15, -0.1) is 0 Å². The third-order valence-corrected chi connectivity index (χ3v) is 10.4. The molecule has 0 saturated carbocycles. The normalized spacial score (nSPS) is 11.5. The molecule has 16 heteroatoms. The van der Waals surface area contributed by atoms with Gasteiger partial charge in [-0.3, -0.25) is 20.2 Å². The predicted molar refractivity (Wildman–Crippen MR) is 177 cm³/mol. The van der Waals surface area contributed by atoms with Gasteiger partial charge in [0, 0.05) is 24.3 Å². The molecular weight excluding hydrogens is 641 g/mol. The maximum atomic E-state index is 11.1. The van der Waals surface area contributed by atoms with Gasteiger partial charge in [-0.1, -0.05) is 57.5 Å². The van der Waals surface area contributed by atoms with Gasteiger partial charge in [-0.25, -0.2) is 19.9 Å². The van der Waals surface area contributed by atoms with E-state index in [4.69, 9.17) is 9.97 Å². The van der Waals surface area contributed by atoms with Crippen LogP contribution in [0.25, 0.3) is 52.0 Å². The van der Waals surface area contributed by atoms with Gasteiger partial charge < -0.3 is 10.6 Å². The standard InChI is InChI=1S/C28H14N8O4S4/c37-35(38)15-3-7-19-23(11-15)43-27(31-19)33-25-29-17-5-1-13(9-21(17)41-25)14-2-6-18-22(10-14)42-26(30-18)34-28-32-20-8-4-16(36(39)40)12-24(20)44-28/h1-12H,(H,29,31,33)(H,30,32,34). The summed E-state index contributed by atoms with van der Waals surface area (Å²) >= 11 is 5.69. The van der Waals surface area contributed by atoms with Crippen LogP contribution in [0.3, 0.4) is 0 Å². The lowest BCUT2D eigenvalue weighted by Crippen LogP contribution is -1.87. The molecule has 8 aromatic rings. The number of hydrogen-bond donors (Lipinski definition) is 2. The van der Waals surface area contributed by atoms with E-state index in [-0.39, 0.29) is 11.4 Å². The highest BCUT2D eigenvalue weighted by molar-refractivity contribution is 7.25. The third-order valence-electron chi connectivity index (χ3n) is 6.70. The molecule has 4 heterocycles. The van der Waals surface area contributed by atoms with Gasteiger partial charge in [0.1, 0.15) is 0 Å². The van der Waals surface area contributed by atoms with Crippen LogP contribution in [0.4, 0.5) is 31.9 Å². The molecule has 4 aromatic carbocycles. The van der Waals surface area contributed by atoms with E-state index in [1.165, 1.54) is 69.6 Å². The average molecular weight is 655 g/mol. The Morgan fingerprint density at radius 2 is 0.795 bits per heavy atom. The molecule has 4 aromatic heterocycles. The van der Waals surface area contributed by atoms with Crippen LogP contribution in [-0.4, -0.2) is 29.8 Å². The molecule has 214 valence electrons. The smallest absolute Gasteiger partial charge is 0.270 e. The number of thiazole rings is 4. The zero-order valence-electron chi connectivity index (χ0n) is 21.9. The summed E-state index contributed by atoms with van der Waals surface area (Å²) in [6.07, 6.45) is 0. The molecule has 0 saturated heterocycles. The summed E-state index contributed by atoms with van der Waals surface area (Å²) in [5.41, 5.74) is 5.23. The Morgan fingerprint density at radius 1 is 0.477 bits per heavy atom. The number of nitrogens with one attached hydrogen (secondary N) is 2. The maximum Gasteiger partial charge on any atom is 0.270 e. The molecule has 44 heavy (non-hydrogen) atoms. The van der Waals surface area contributed by atoms with Gasteiger partial charge in [0.05, 0.1) is 50.7 Å². The van der Waals surface area contributed by atoms with Crippen molar-refractivity contribution < 1.29 is 9.85 Å². The second kappa shape index (κ2) is 10.2. The topological polar surface area (TPSA) is 162 Å². The number of nitro groups is 2. The Hall–Kier alpha value is -5.16. The molecule has 2 N–H and O–H groups in total. The summed E-state index contributed by atoms with van der Waals surface area (Å²) in [7, 11) is 0. The molecular formula is C28H14N8O4S4. The number of benzene rings is 4. The second-order valence-electron chi connectivity index (χ2n) is 9.51. The Bertz CT molecular complexity index is 2280. The highest BCUT2D eigenvalue weighted by Crippen LogP contribution is 2.38. The van der Waals surface area contributed by atoms with Crippen molar-refractivity contribution in [1.29, 1.82) is 0 Å². The lowest BCUT2D eigenvalue weighted by molar-refractivity contribution is -0.384. The summed E-state index contributed by atoms with van der Waals surface area (Å²) in [4.78, 5) is 39.8. The third kappa shape index (κ3) is 4.84. The van der Waals surface area contributed by atoms with Gasteiger partial charge in [-0.05, 0) is 47.5 Å². The quantitative estimate of drug-likeness (QED) is 0.125. The fraction of sp³-hybridized carbons (Fsp3) is 0. The molecule has 0 aliphatic carbocycles. The number of non-ortho nitro benzene ring substituents is 2. The molecule has 0 bridgehead atoms. The average Bonchev–Trinajstić information content (AvgIpc) is 3.78. The molecule has 0 radical (unpaired) electrons. The second-order valence-corrected chi connectivity index (χ2v) is 13.6. The summed E-state index contributed by atoms with van der Waals surface area (Å²) in [6, 6.07) is 21.5. The Labute approximate surface area is 261 Å². The number of aromatic nitrogens is 4. The first-order valence-electron chi connectivity index (χ1n) is 12.8. The monoisotopic (exact) mass is 654 g/mol. The summed E-state index contributed by atoms with van der Waals surface area (Å²) in [5.74, 6) is 0. The van der Waals surface area contributed by atoms with Crippen LogP contribution in [0, 0.1) is 20.2 Å². The van der Waals surface area contributed by atoms with Crippen molar-refractivity contribution in [2.75, 3.05) is 10.6 Å². The minimum Gasteiger partial charge on any atom is -0.307 e. The van der Waals surface area contributed by atoms with Crippen LogP contribution in [0.15, 0.2) is 72.8 Å². The van der Waals surface area contributed by atoms with Crippen molar-refractivity contribution in [3.8, 4) is 11.1 Å². The van der Waals surface area contributed by atoms with E-state index in [0.29, 0.717) is 31.6 Å². The minimum atomic E-state index is -0.414. The lowest BCUT2D eigenvalue weighted by Gasteiger charge is -2.01. The molecule has 8 rings (SSSR count). The van der Waals surface area contributed by atoms with Gasteiger partial charge in [0.25, 0.3) is 11.4 Å². The van der Waals surface area contributed by atoms with Gasteiger partial charge >= 0.3 is 0 Å². The SMILES string of the molecule is O=[N+]([O-])c1ccc2nc(Nc3nc4ccc(-c5ccc6nc(Nc7nc8ccc([N+](=O)[O-])cc8s7)sc6c5)cc4s3)sc2c1. The van der Waals surface area contributed by atoms with E-state index in [9.17, 15) is 20.2 Å². The van der Waals surface area contributed by atoms with Crippen molar-refractivity contribution in [2.45, 2.75) is 0 Å². The van der Waals surface area contributed by atoms with Gasteiger partial charge in [-0.2, -0.15) is 0 Å². The molecule has 12 nitrogen and oxygen atoms in total. The summed E-state index contributed by atoms with van der Waals surface area (Å²) in [6.45, 7) is 0. The van der Waals surface area contributed by atoms with Gasteiger partial charge in [0.2, 0.25) is 0 Å². The molecule has 0 unspecified atom stereocenters. The summed E-state index contributed by atoms with van der Waals surface area (Å²) < 4.78 is 3.47. The first-order chi connectivity index (χ1) is 21.3. The van der Waals surface area contributed by atoms with Gasteiger partial charge in [0.15, 0.2) is 20.5 Å². The van der Waals surface area contributed by atoms with Crippen molar-refractivity contribution in [2.24, 2.45) is 0 Å². The molecule has 0 fully saturated rings. The Balaban J connectivity index is 1.03. The van der Waals surface area contributed by atoms with E-state index >= 15 is 0 Å². The van der Waals surface area contributed by atoms with E-state index in [1.807, 2.05) is 24.3 Å². The number of nitro benzene ring substituents is 2. The Kier molecular flexibility index (Phi) is 6.16. The first kappa shape index (κ1) is 26.5. The number of fused-ring (bicyclic) bond motifs is 4. The lowest BCUT2D eigenvalue weighted by atomic mass is 10.1. The van der Waals surface area contributed by atoms with Crippen molar-refractivity contribution in [3.05, 3.63) is 93.0 Å². The number of nitrogens with zero attached hydrogens (tertiary/aromatic N) is 6. The molecule has 0 aliphatic heterocycles. The van der Waals surface area contributed by atoms with Crippen LogP contribution < -0.4 is 10.6 Å². The number of anilines is 4. The van der Waals surface area contributed by atoms with E-state index in [2.05, 4.69) is 32.7 Å². The highest BCUT2D eigenvalue weighted by Gasteiger charge is 2.15. The first-order valence-corrected chi connectivity index (χ1v) is 16.1. The number of rotatable bonds is 7. The fourth-order valence-electron chi connectivity index (χ4n) is 4.66. The largest absolute Gasteiger partial charge is 0.307 e. The van der Waals surface area contributed by atoms with Crippen molar-refractivity contribution >= 4 is 118 Å². The molecule has 0 amide bonds. The minimum absolute atomic E-state index is 0.0347. The predicted octanol–water partition coefficient (Wildman–Crippen LogP) is 9.10. The van der Waals surface area contributed by atoms with E-state index < -0.39 is 9.85 Å².